The Morgan fingerprint density at radius 2 is 1.83 bits per heavy atom. The van der Waals surface area contributed by atoms with Gasteiger partial charge < -0.3 is 4.90 Å². The third kappa shape index (κ3) is 3.69. The molecule has 0 bridgehead atoms. The first kappa shape index (κ1) is 16.4. The lowest BCUT2D eigenvalue weighted by Gasteiger charge is -2.32. The first-order valence-corrected chi connectivity index (χ1v) is 9.11. The van der Waals surface area contributed by atoms with Gasteiger partial charge in [-0.25, -0.2) is 23.1 Å². The van der Waals surface area contributed by atoms with Crippen molar-refractivity contribution in [3.63, 3.8) is 0 Å². The molecule has 1 aromatic carbocycles. The summed E-state index contributed by atoms with van der Waals surface area (Å²) in [6.45, 7) is 1.37. The van der Waals surface area contributed by atoms with Gasteiger partial charge in [0.1, 0.15) is 11.9 Å². The van der Waals surface area contributed by atoms with Gasteiger partial charge in [0, 0.05) is 19.1 Å². The lowest BCUT2D eigenvalue weighted by atomic mass is 10.1. The van der Waals surface area contributed by atoms with Crippen molar-refractivity contribution in [2.45, 2.75) is 23.8 Å². The maximum atomic E-state index is 12.3. The van der Waals surface area contributed by atoms with E-state index in [2.05, 4.69) is 14.7 Å². The molecular formula is C16H17N5O2S. The maximum Gasteiger partial charge on any atom is 0.240 e. The van der Waals surface area contributed by atoms with Gasteiger partial charge in [-0.15, -0.1) is 0 Å². The number of nitrogens with one attached hydrogen (secondary N) is 1. The first-order valence-electron chi connectivity index (χ1n) is 7.63. The highest BCUT2D eigenvalue weighted by molar-refractivity contribution is 7.89. The lowest BCUT2D eigenvalue weighted by Crippen LogP contribution is -2.44. The zero-order chi connectivity index (χ0) is 17.0. The van der Waals surface area contributed by atoms with E-state index >= 15 is 0 Å². The lowest BCUT2D eigenvalue weighted by molar-refractivity contribution is 0.458. The second-order valence-corrected chi connectivity index (χ2v) is 7.28. The molecule has 7 nitrogen and oxygen atoms in total. The van der Waals surface area contributed by atoms with Crippen molar-refractivity contribution in [2.75, 3.05) is 18.0 Å². The smallest absolute Gasteiger partial charge is 0.240 e. The molecule has 0 atom stereocenters. The van der Waals surface area contributed by atoms with Gasteiger partial charge in [0.2, 0.25) is 10.0 Å². The fraction of sp³-hybridized carbons (Fsp3) is 0.312. The Labute approximate surface area is 141 Å². The summed E-state index contributed by atoms with van der Waals surface area (Å²) in [6.07, 6.45) is 4.40. The minimum absolute atomic E-state index is 0.0993. The molecule has 0 unspecified atom stereocenters. The van der Waals surface area contributed by atoms with Gasteiger partial charge in [-0.05, 0) is 25.0 Å². The zero-order valence-electron chi connectivity index (χ0n) is 13.0. The van der Waals surface area contributed by atoms with E-state index in [0.29, 0.717) is 31.7 Å². The molecule has 0 saturated carbocycles. The van der Waals surface area contributed by atoms with Crippen molar-refractivity contribution >= 4 is 15.8 Å². The Bertz CT molecular complexity index is 823. The highest BCUT2D eigenvalue weighted by Gasteiger charge is 2.25. The van der Waals surface area contributed by atoms with Gasteiger partial charge in [0.05, 0.1) is 17.3 Å². The molecule has 1 aliphatic rings. The van der Waals surface area contributed by atoms with Crippen LogP contribution in [0.15, 0.2) is 47.6 Å². The summed E-state index contributed by atoms with van der Waals surface area (Å²) in [4.78, 5) is 10.6. The molecule has 2 heterocycles. The molecule has 0 aliphatic carbocycles. The van der Waals surface area contributed by atoms with Gasteiger partial charge in [-0.1, -0.05) is 18.2 Å². The number of aromatic nitrogens is 2. The normalized spacial score (nSPS) is 15.9. The number of hydrogen-bond acceptors (Lipinski definition) is 6. The van der Waals surface area contributed by atoms with Crippen molar-refractivity contribution in [3.05, 3.63) is 48.4 Å². The van der Waals surface area contributed by atoms with Crippen LogP contribution in [0.2, 0.25) is 0 Å². The van der Waals surface area contributed by atoms with Crippen molar-refractivity contribution < 1.29 is 8.42 Å². The molecule has 1 aliphatic heterocycles. The van der Waals surface area contributed by atoms with Crippen molar-refractivity contribution in [2.24, 2.45) is 0 Å². The minimum atomic E-state index is -3.48. The van der Waals surface area contributed by atoms with Crippen LogP contribution in [0.1, 0.15) is 18.5 Å². The molecule has 1 saturated heterocycles. The van der Waals surface area contributed by atoms with Crippen LogP contribution in [-0.4, -0.2) is 37.5 Å². The number of rotatable bonds is 4. The van der Waals surface area contributed by atoms with Crippen molar-refractivity contribution in [1.29, 1.82) is 5.26 Å². The van der Waals surface area contributed by atoms with E-state index in [0.717, 1.165) is 0 Å². The van der Waals surface area contributed by atoms with Gasteiger partial charge in [0.15, 0.2) is 5.69 Å². The van der Waals surface area contributed by atoms with Gasteiger partial charge in [0.25, 0.3) is 0 Å². The summed E-state index contributed by atoms with van der Waals surface area (Å²) in [5, 5.41) is 8.74. The number of nitriles is 1. The van der Waals surface area contributed by atoms with Crippen LogP contribution >= 0.6 is 0 Å². The number of sulfonamides is 1. The van der Waals surface area contributed by atoms with E-state index in [-0.39, 0.29) is 16.6 Å². The first-order chi connectivity index (χ1) is 11.6. The van der Waals surface area contributed by atoms with Crippen LogP contribution in [0.25, 0.3) is 0 Å². The summed E-state index contributed by atoms with van der Waals surface area (Å²) in [5.74, 6) is 0.707. The third-order valence-corrected chi connectivity index (χ3v) is 5.48. The average Bonchev–Trinajstić information content (AvgIpc) is 2.63. The highest BCUT2D eigenvalue weighted by Crippen LogP contribution is 2.19. The molecule has 24 heavy (non-hydrogen) atoms. The summed E-state index contributed by atoms with van der Waals surface area (Å²) in [6, 6.07) is 10.2. The number of benzene rings is 1. The SMILES string of the molecule is N#Cc1cnc(N2CCC(NS(=O)(=O)c3ccccc3)CC2)cn1. The van der Waals surface area contributed by atoms with Crippen LogP contribution < -0.4 is 9.62 Å². The second kappa shape index (κ2) is 6.95. The van der Waals surface area contributed by atoms with Crippen LogP contribution in [0.3, 0.4) is 0 Å². The largest absolute Gasteiger partial charge is 0.355 e. The molecule has 1 N–H and O–H groups in total. The third-order valence-electron chi connectivity index (χ3n) is 3.95. The molecule has 0 radical (unpaired) electrons. The van der Waals surface area contributed by atoms with Crippen molar-refractivity contribution in [1.82, 2.24) is 14.7 Å². The van der Waals surface area contributed by atoms with Crippen molar-refractivity contribution in [3.8, 4) is 6.07 Å². The van der Waals surface area contributed by atoms with E-state index in [1.807, 2.05) is 11.0 Å². The van der Waals surface area contributed by atoms with E-state index < -0.39 is 10.0 Å². The predicted molar refractivity (Wildman–Crippen MR) is 88.7 cm³/mol. The Morgan fingerprint density at radius 1 is 1.12 bits per heavy atom. The summed E-state index contributed by atoms with van der Waals surface area (Å²) in [7, 11) is -3.48. The van der Waals surface area contributed by atoms with Gasteiger partial charge in [-0.2, -0.15) is 5.26 Å². The number of hydrogen-bond donors (Lipinski definition) is 1. The molecule has 1 aromatic heterocycles. The number of anilines is 1. The quantitative estimate of drug-likeness (QED) is 0.898. The van der Waals surface area contributed by atoms with Gasteiger partial charge >= 0.3 is 0 Å². The van der Waals surface area contributed by atoms with E-state index in [9.17, 15) is 8.42 Å². The Kier molecular flexibility index (Phi) is 4.74. The van der Waals surface area contributed by atoms with E-state index in [1.165, 1.54) is 6.20 Å². The summed E-state index contributed by atoms with van der Waals surface area (Å²) < 4.78 is 27.5. The molecule has 3 rings (SSSR count). The van der Waals surface area contributed by atoms with E-state index in [1.54, 1.807) is 36.5 Å². The molecular weight excluding hydrogens is 326 g/mol. The molecule has 124 valence electrons. The molecule has 8 heteroatoms. The van der Waals surface area contributed by atoms with Crippen LogP contribution in [-0.2, 0) is 10.0 Å². The summed E-state index contributed by atoms with van der Waals surface area (Å²) in [5.41, 5.74) is 0.282. The Morgan fingerprint density at radius 3 is 2.42 bits per heavy atom. The van der Waals surface area contributed by atoms with E-state index in [4.69, 9.17) is 5.26 Å². The molecule has 2 aromatic rings. The molecule has 0 amide bonds. The fourth-order valence-electron chi connectivity index (χ4n) is 2.66. The Hall–Kier alpha value is -2.50. The van der Waals surface area contributed by atoms with Crippen LogP contribution in [0.5, 0.6) is 0 Å². The second-order valence-electron chi connectivity index (χ2n) is 5.57. The summed E-state index contributed by atoms with van der Waals surface area (Å²) >= 11 is 0. The maximum absolute atomic E-state index is 12.3. The Balaban J connectivity index is 1.60. The molecule has 0 spiro atoms. The minimum Gasteiger partial charge on any atom is -0.355 e. The van der Waals surface area contributed by atoms with Crippen LogP contribution in [0.4, 0.5) is 5.82 Å². The predicted octanol–water partition coefficient (Wildman–Crippen LogP) is 1.30. The zero-order valence-corrected chi connectivity index (χ0v) is 13.8. The topological polar surface area (TPSA) is 99.0 Å². The number of nitrogens with zero attached hydrogens (tertiary/aromatic N) is 4. The molecule has 1 fully saturated rings. The fourth-order valence-corrected chi connectivity index (χ4v) is 3.98. The van der Waals surface area contributed by atoms with Gasteiger partial charge in [-0.3, -0.25) is 0 Å². The van der Waals surface area contributed by atoms with Crippen LogP contribution in [0, 0.1) is 11.3 Å². The monoisotopic (exact) mass is 343 g/mol. The average molecular weight is 343 g/mol. The number of piperidine rings is 1. The highest BCUT2D eigenvalue weighted by atomic mass is 32.2. The standard InChI is InChI=1S/C16H17N5O2S/c17-10-14-11-19-16(12-18-14)21-8-6-13(7-9-21)20-24(22,23)15-4-2-1-3-5-15/h1-5,11-13,20H,6-9H2.